The second-order valence-corrected chi connectivity index (χ2v) is 8.59. The van der Waals surface area contributed by atoms with Gasteiger partial charge < -0.3 is 20.6 Å². The molecule has 0 saturated carbocycles. The fourth-order valence-corrected chi connectivity index (χ4v) is 4.21. The molecular formula is C24H25N5O3S. The van der Waals surface area contributed by atoms with E-state index < -0.39 is 24.2 Å². The molecule has 2 unspecified atom stereocenters. The molecule has 0 saturated heterocycles. The van der Waals surface area contributed by atoms with Crippen LogP contribution in [0.5, 0.6) is 0 Å². The van der Waals surface area contributed by atoms with E-state index >= 15 is 0 Å². The quantitative estimate of drug-likeness (QED) is 0.498. The van der Waals surface area contributed by atoms with Crippen molar-refractivity contribution in [2.75, 3.05) is 18.5 Å². The number of aliphatic hydroxyl groups is 1. The van der Waals surface area contributed by atoms with E-state index in [1.165, 1.54) is 16.2 Å². The molecule has 0 fully saturated rings. The maximum absolute atomic E-state index is 13.2. The van der Waals surface area contributed by atoms with Crippen LogP contribution in [-0.2, 0) is 9.59 Å². The van der Waals surface area contributed by atoms with Gasteiger partial charge in [0, 0.05) is 30.7 Å². The van der Waals surface area contributed by atoms with Crippen LogP contribution < -0.4 is 15.5 Å². The van der Waals surface area contributed by atoms with E-state index in [0.29, 0.717) is 16.4 Å². The summed E-state index contributed by atoms with van der Waals surface area (Å²) in [6.45, 7) is 1.87. The first-order valence-corrected chi connectivity index (χ1v) is 11.4. The van der Waals surface area contributed by atoms with Gasteiger partial charge in [0.05, 0.1) is 17.8 Å². The van der Waals surface area contributed by atoms with Crippen LogP contribution in [0.3, 0.4) is 0 Å². The lowest BCUT2D eigenvalue weighted by molar-refractivity contribution is -0.128. The molecule has 8 nitrogen and oxygen atoms in total. The molecule has 0 spiro atoms. The minimum Gasteiger partial charge on any atom is -0.387 e. The summed E-state index contributed by atoms with van der Waals surface area (Å²) in [5, 5.41) is 18.6. The van der Waals surface area contributed by atoms with E-state index in [4.69, 9.17) is 0 Å². The highest BCUT2D eigenvalue weighted by Gasteiger charge is 2.32. The zero-order valence-corrected chi connectivity index (χ0v) is 19.1. The van der Waals surface area contributed by atoms with Crippen LogP contribution in [0.4, 0.5) is 5.69 Å². The molecule has 33 heavy (non-hydrogen) atoms. The number of carbonyl (C=O) groups excluding carboxylic acids is 2. The number of aliphatic hydroxyl groups excluding tert-OH is 1. The highest BCUT2D eigenvalue weighted by molar-refractivity contribution is 7.12. The third-order valence-corrected chi connectivity index (χ3v) is 6.23. The van der Waals surface area contributed by atoms with Crippen molar-refractivity contribution in [3.63, 3.8) is 0 Å². The summed E-state index contributed by atoms with van der Waals surface area (Å²) in [4.78, 5) is 36.5. The molecule has 4 rings (SSSR count). The lowest BCUT2D eigenvalue weighted by atomic mass is 10.1. The predicted octanol–water partition coefficient (Wildman–Crippen LogP) is 2.11. The fraction of sp³-hybridized carbons (Fsp3) is 0.250. The van der Waals surface area contributed by atoms with Crippen molar-refractivity contribution in [3.05, 3.63) is 82.3 Å². The van der Waals surface area contributed by atoms with E-state index in [0.717, 1.165) is 11.1 Å². The Labute approximate surface area is 196 Å². The highest BCUT2D eigenvalue weighted by atomic mass is 32.1. The van der Waals surface area contributed by atoms with Gasteiger partial charge in [0.2, 0.25) is 12.1 Å². The Bertz CT molecular complexity index is 1150. The summed E-state index contributed by atoms with van der Waals surface area (Å²) in [6.07, 6.45) is -0.174. The van der Waals surface area contributed by atoms with Gasteiger partial charge in [0.1, 0.15) is 10.7 Å². The first-order valence-electron chi connectivity index (χ1n) is 10.6. The van der Waals surface area contributed by atoms with Gasteiger partial charge >= 0.3 is 0 Å². The number of amides is 2. The number of para-hydroxylation sites is 1. The number of aromatic nitrogens is 1. The molecule has 2 amide bonds. The first kappa shape index (κ1) is 22.8. The van der Waals surface area contributed by atoms with Crippen LogP contribution in [0.1, 0.15) is 29.2 Å². The third-order valence-electron chi connectivity index (χ3n) is 5.45. The van der Waals surface area contributed by atoms with Crippen LogP contribution in [0, 0.1) is 0 Å². The first-order chi connectivity index (χ1) is 16.0. The van der Waals surface area contributed by atoms with Gasteiger partial charge in [-0.25, -0.2) is 9.98 Å². The topological polar surface area (TPSA) is 107 Å². The average molecular weight is 464 g/mol. The van der Waals surface area contributed by atoms with E-state index in [-0.39, 0.29) is 12.5 Å². The summed E-state index contributed by atoms with van der Waals surface area (Å²) in [7, 11) is 1.67. The summed E-state index contributed by atoms with van der Waals surface area (Å²) < 4.78 is 0. The van der Waals surface area contributed by atoms with Crippen LogP contribution in [-0.4, -0.2) is 53.4 Å². The number of benzodiazepines with no additional fused rings is 1. The summed E-state index contributed by atoms with van der Waals surface area (Å²) in [5.41, 5.74) is 2.79. The van der Waals surface area contributed by atoms with Crippen molar-refractivity contribution in [3.8, 4) is 0 Å². The third kappa shape index (κ3) is 5.00. The Balaban J connectivity index is 1.51. The van der Waals surface area contributed by atoms with Crippen LogP contribution in [0.2, 0.25) is 0 Å². The van der Waals surface area contributed by atoms with Gasteiger partial charge in [0.15, 0.2) is 0 Å². The summed E-state index contributed by atoms with van der Waals surface area (Å²) >= 11 is 1.42. The maximum atomic E-state index is 13.2. The Morgan fingerprint density at radius 1 is 1.18 bits per heavy atom. The smallest absolute Gasteiger partial charge is 0.272 e. The molecule has 0 radical (unpaired) electrons. The van der Waals surface area contributed by atoms with Gasteiger partial charge in [-0.1, -0.05) is 48.5 Å². The van der Waals surface area contributed by atoms with Crippen molar-refractivity contribution in [2.45, 2.75) is 25.2 Å². The molecule has 3 N–H and O–H groups in total. The second kappa shape index (κ2) is 10.0. The zero-order chi connectivity index (χ0) is 23.4. The molecule has 1 aliphatic rings. The monoisotopic (exact) mass is 463 g/mol. The van der Waals surface area contributed by atoms with Crippen molar-refractivity contribution in [1.82, 2.24) is 15.6 Å². The standard InChI is InChI=1S/C24H25N5O3S/c1-15(26-14-19(30)16-8-4-3-5-9-16)22(31)28-21-24(32)29(2)18-11-7-6-10-17(18)20(27-21)23-25-12-13-33-23/h3-13,15,19,21,26,30H,14H2,1-2H3,(H,28,31)/t15-,19?,21?/m0/s1. The summed E-state index contributed by atoms with van der Waals surface area (Å²) in [6, 6.07) is 16.0. The van der Waals surface area contributed by atoms with Gasteiger partial charge in [-0.3, -0.25) is 9.59 Å². The molecule has 9 heteroatoms. The van der Waals surface area contributed by atoms with E-state index in [2.05, 4.69) is 20.6 Å². The van der Waals surface area contributed by atoms with E-state index in [1.807, 2.05) is 60.0 Å². The normalized spacial score (nSPS) is 17.5. The van der Waals surface area contributed by atoms with Crippen LogP contribution in [0.25, 0.3) is 0 Å². The van der Waals surface area contributed by atoms with Gasteiger partial charge in [-0.2, -0.15) is 0 Å². The number of likely N-dealkylation sites (N-methyl/N-ethyl adjacent to an activating group) is 1. The molecular weight excluding hydrogens is 438 g/mol. The Morgan fingerprint density at radius 2 is 1.91 bits per heavy atom. The largest absolute Gasteiger partial charge is 0.387 e. The summed E-state index contributed by atoms with van der Waals surface area (Å²) in [5.74, 6) is -0.742. The minimum absolute atomic E-state index is 0.191. The number of nitrogens with zero attached hydrogens (tertiary/aromatic N) is 3. The Morgan fingerprint density at radius 3 is 2.64 bits per heavy atom. The molecule has 0 bridgehead atoms. The van der Waals surface area contributed by atoms with Crippen molar-refractivity contribution < 1.29 is 14.7 Å². The van der Waals surface area contributed by atoms with Crippen molar-refractivity contribution in [1.29, 1.82) is 0 Å². The van der Waals surface area contributed by atoms with Crippen LogP contribution in [0.15, 0.2) is 71.2 Å². The van der Waals surface area contributed by atoms with E-state index in [1.54, 1.807) is 20.2 Å². The lowest BCUT2D eigenvalue weighted by Crippen LogP contribution is -2.51. The van der Waals surface area contributed by atoms with Gasteiger partial charge in [-0.15, -0.1) is 11.3 Å². The average Bonchev–Trinajstić information content (AvgIpc) is 3.36. The fourth-order valence-electron chi connectivity index (χ4n) is 3.56. The molecule has 2 aromatic carbocycles. The number of rotatable bonds is 7. The number of carbonyl (C=O) groups is 2. The maximum Gasteiger partial charge on any atom is 0.272 e. The molecule has 3 aromatic rings. The molecule has 1 aliphatic heterocycles. The number of hydrogen-bond donors (Lipinski definition) is 3. The lowest BCUT2D eigenvalue weighted by Gasteiger charge is -2.22. The minimum atomic E-state index is -1.10. The number of thiazole rings is 1. The molecule has 0 aliphatic carbocycles. The van der Waals surface area contributed by atoms with Gasteiger partial charge in [0.25, 0.3) is 5.91 Å². The number of benzene rings is 2. The number of anilines is 1. The molecule has 170 valence electrons. The van der Waals surface area contributed by atoms with Crippen molar-refractivity contribution >= 4 is 34.6 Å². The zero-order valence-electron chi connectivity index (χ0n) is 18.3. The number of nitrogens with one attached hydrogen (secondary N) is 2. The number of fused-ring (bicyclic) bond motifs is 1. The Kier molecular flexibility index (Phi) is 6.93. The number of aliphatic imine (C=N–C) groups is 1. The molecule has 2 heterocycles. The SMILES string of the molecule is C[C@H](NCC(O)c1ccccc1)C(=O)NC1N=C(c2nccs2)c2ccccc2N(C)C1=O. The van der Waals surface area contributed by atoms with E-state index in [9.17, 15) is 14.7 Å². The van der Waals surface area contributed by atoms with Crippen molar-refractivity contribution in [2.24, 2.45) is 4.99 Å². The molecule has 1 aromatic heterocycles. The van der Waals surface area contributed by atoms with Crippen LogP contribution >= 0.6 is 11.3 Å². The molecule has 3 atom stereocenters. The number of hydrogen-bond acceptors (Lipinski definition) is 7. The Hall–Kier alpha value is -3.40. The predicted molar refractivity (Wildman–Crippen MR) is 128 cm³/mol. The highest BCUT2D eigenvalue weighted by Crippen LogP contribution is 2.27. The van der Waals surface area contributed by atoms with Gasteiger partial charge in [-0.05, 0) is 18.6 Å². The second-order valence-electron chi connectivity index (χ2n) is 7.70.